The molecule has 2 rings (SSSR count). The zero-order valence-corrected chi connectivity index (χ0v) is 8.18. The van der Waals surface area contributed by atoms with Crippen LogP contribution in [0.15, 0.2) is 0 Å². The van der Waals surface area contributed by atoms with E-state index in [0.29, 0.717) is 0 Å². The predicted octanol–water partition coefficient (Wildman–Crippen LogP) is 2.69. The third kappa shape index (κ3) is 1.39. The first kappa shape index (κ1) is 8.55. The molecule has 2 unspecified atom stereocenters. The van der Waals surface area contributed by atoms with Crippen molar-refractivity contribution in [2.24, 2.45) is 17.6 Å². The molecule has 0 aliphatic heterocycles. The van der Waals surface area contributed by atoms with Crippen LogP contribution in [0.5, 0.6) is 0 Å². The molecule has 12 heavy (non-hydrogen) atoms. The van der Waals surface area contributed by atoms with Crippen LogP contribution in [0, 0.1) is 11.8 Å². The van der Waals surface area contributed by atoms with Crippen molar-refractivity contribution in [3.63, 3.8) is 0 Å². The van der Waals surface area contributed by atoms with Gasteiger partial charge in [-0.25, -0.2) is 0 Å². The SMILES string of the molecule is CC1CC1(N)C1CCCCCC1. The minimum atomic E-state index is 0.268. The van der Waals surface area contributed by atoms with Crippen molar-refractivity contribution in [3.8, 4) is 0 Å². The van der Waals surface area contributed by atoms with Gasteiger partial charge in [-0.15, -0.1) is 0 Å². The molecule has 0 heterocycles. The maximum Gasteiger partial charge on any atom is 0.0212 e. The standard InChI is InChI=1S/C11H21N/c1-9-8-11(9,12)10-6-4-2-3-5-7-10/h9-10H,2-8,12H2,1H3. The van der Waals surface area contributed by atoms with Crippen molar-refractivity contribution in [1.29, 1.82) is 0 Å². The van der Waals surface area contributed by atoms with E-state index in [1.807, 2.05) is 0 Å². The molecule has 2 fully saturated rings. The minimum absolute atomic E-state index is 0.268. The number of hydrogen-bond donors (Lipinski definition) is 1. The molecular weight excluding hydrogens is 146 g/mol. The zero-order chi connectivity index (χ0) is 8.60. The summed E-state index contributed by atoms with van der Waals surface area (Å²) in [7, 11) is 0. The van der Waals surface area contributed by atoms with Gasteiger partial charge in [0.05, 0.1) is 0 Å². The summed E-state index contributed by atoms with van der Waals surface area (Å²) >= 11 is 0. The highest BCUT2D eigenvalue weighted by atomic mass is 14.9. The van der Waals surface area contributed by atoms with Crippen LogP contribution in [-0.4, -0.2) is 5.54 Å². The van der Waals surface area contributed by atoms with E-state index in [1.54, 1.807) is 0 Å². The number of hydrogen-bond acceptors (Lipinski definition) is 1. The van der Waals surface area contributed by atoms with E-state index in [0.717, 1.165) is 11.8 Å². The summed E-state index contributed by atoms with van der Waals surface area (Å²) in [5.41, 5.74) is 6.60. The lowest BCUT2D eigenvalue weighted by Gasteiger charge is -2.22. The van der Waals surface area contributed by atoms with Gasteiger partial charge < -0.3 is 5.73 Å². The van der Waals surface area contributed by atoms with Crippen LogP contribution in [0.2, 0.25) is 0 Å². The van der Waals surface area contributed by atoms with Crippen LogP contribution < -0.4 is 5.73 Å². The van der Waals surface area contributed by atoms with E-state index < -0.39 is 0 Å². The van der Waals surface area contributed by atoms with Gasteiger partial charge in [0.1, 0.15) is 0 Å². The highest BCUT2D eigenvalue weighted by Crippen LogP contribution is 2.50. The second-order valence-electron chi connectivity index (χ2n) is 4.91. The largest absolute Gasteiger partial charge is 0.325 e. The molecule has 2 aliphatic carbocycles. The summed E-state index contributed by atoms with van der Waals surface area (Å²) in [5.74, 6) is 1.66. The average Bonchev–Trinajstić information content (AvgIpc) is 2.71. The molecule has 2 atom stereocenters. The van der Waals surface area contributed by atoms with Crippen molar-refractivity contribution in [2.45, 2.75) is 57.4 Å². The Morgan fingerprint density at radius 1 is 1.08 bits per heavy atom. The van der Waals surface area contributed by atoms with Gasteiger partial charge in [-0.2, -0.15) is 0 Å². The van der Waals surface area contributed by atoms with Crippen LogP contribution in [0.25, 0.3) is 0 Å². The Morgan fingerprint density at radius 2 is 1.58 bits per heavy atom. The molecule has 2 aliphatic rings. The van der Waals surface area contributed by atoms with Crippen LogP contribution in [0.4, 0.5) is 0 Å². The first-order valence-electron chi connectivity index (χ1n) is 5.52. The third-order valence-electron chi connectivity index (χ3n) is 4.03. The van der Waals surface area contributed by atoms with E-state index in [2.05, 4.69) is 6.92 Å². The Labute approximate surface area is 75.7 Å². The first-order chi connectivity index (χ1) is 5.73. The topological polar surface area (TPSA) is 26.0 Å². The molecular formula is C11H21N. The van der Waals surface area contributed by atoms with Crippen LogP contribution in [-0.2, 0) is 0 Å². The summed E-state index contributed by atoms with van der Waals surface area (Å²) in [6.45, 7) is 2.31. The smallest absolute Gasteiger partial charge is 0.0212 e. The van der Waals surface area contributed by atoms with Crippen molar-refractivity contribution < 1.29 is 0 Å². The second-order valence-corrected chi connectivity index (χ2v) is 4.91. The molecule has 1 nitrogen and oxygen atoms in total. The molecule has 0 aromatic carbocycles. The summed E-state index contributed by atoms with van der Waals surface area (Å²) in [6, 6.07) is 0. The van der Waals surface area contributed by atoms with Crippen LogP contribution >= 0.6 is 0 Å². The highest BCUT2D eigenvalue weighted by Gasteiger charge is 2.52. The molecule has 0 bridgehead atoms. The summed E-state index contributed by atoms with van der Waals surface area (Å²) in [4.78, 5) is 0. The first-order valence-corrected chi connectivity index (χ1v) is 5.52. The maximum absolute atomic E-state index is 6.33. The quantitative estimate of drug-likeness (QED) is 0.597. The monoisotopic (exact) mass is 167 g/mol. The molecule has 70 valence electrons. The van der Waals surface area contributed by atoms with Crippen molar-refractivity contribution in [2.75, 3.05) is 0 Å². The maximum atomic E-state index is 6.33. The van der Waals surface area contributed by atoms with Gasteiger partial charge >= 0.3 is 0 Å². The van der Waals surface area contributed by atoms with Gasteiger partial charge in [0.25, 0.3) is 0 Å². The van der Waals surface area contributed by atoms with Gasteiger partial charge in [-0.3, -0.25) is 0 Å². The molecule has 0 amide bonds. The number of nitrogens with two attached hydrogens (primary N) is 1. The molecule has 2 N–H and O–H groups in total. The summed E-state index contributed by atoms with van der Waals surface area (Å²) in [5, 5.41) is 0. The second kappa shape index (κ2) is 3.02. The molecule has 0 aromatic heterocycles. The van der Waals surface area contributed by atoms with E-state index in [9.17, 15) is 0 Å². The molecule has 0 spiro atoms. The van der Waals surface area contributed by atoms with Crippen LogP contribution in [0.3, 0.4) is 0 Å². The van der Waals surface area contributed by atoms with Gasteiger partial charge in [-0.05, 0) is 31.1 Å². The lowest BCUT2D eigenvalue weighted by Crippen LogP contribution is -2.34. The van der Waals surface area contributed by atoms with Crippen molar-refractivity contribution >= 4 is 0 Å². The third-order valence-corrected chi connectivity index (χ3v) is 4.03. The molecule has 0 aromatic rings. The van der Waals surface area contributed by atoms with Crippen molar-refractivity contribution in [3.05, 3.63) is 0 Å². The Balaban J connectivity index is 1.93. The minimum Gasteiger partial charge on any atom is -0.325 e. The fourth-order valence-corrected chi connectivity index (χ4v) is 2.86. The Morgan fingerprint density at radius 3 is 2.00 bits per heavy atom. The predicted molar refractivity (Wildman–Crippen MR) is 51.9 cm³/mol. The highest BCUT2D eigenvalue weighted by molar-refractivity contribution is 5.09. The van der Waals surface area contributed by atoms with Gasteiger partial charge in [0.2, 0.25) is 0 Å². The normalized spacial score (nSPS) is 44.0. The van der Waals surface area contributed by atoms with E-state index in [1.165, 1.54) is 44.9 Å². The number of rotatable bonds is 1. The zero-order valence-electron chi connectivity index (χ0n) is 8.18. The van der Waals surface area contributed by atoms with Gasteiger partial charge in [0.15, 0.2) is 0 Å². The Hall–Kier alpha value is -0.0400. The molecule has 0 radical (unpaired) electrons. The Kier molecular flexibility index (Phi) is 2.16. The fourth-order valence-electron chi connectivity index (χ4n) is 2.86. The molecule has 1 heteroatoms. The summed E-state index contributed by atoms with van der Waals surface area (Å²) < 4.78 is 0. The van der Waals surface area contributed by atoms with Crippen molar-refractivity contribution in [1.82, 2.24) is 0 Å². The lowest BCUT2D eigenvalue weighted by atomic mass is 9.89. The lowest BCUT2D eigenvalue weighted by molar-refractivity contribution is 0.341. The fraction of sp³-hybridized carbons (Fsp3) is 1.00. The average molecular weight is 167 g/mol. The van der Waals surface area contributed by atoms with E-state index >= 15 is 0 Å². The summed E-state index contributed by atoms with van der Waals surface area (Å²) in [6.07, 6.45) is 9.84. The molecule has 2 saturated carbocycles. The van der Waals surface area contributed by atoms with Gasteiger partial charge in [0, 0.05) is 5.54 Å². The Bertz CT molecular complexity index is 158. The van der Waals surface area contributed by atoms with Gasteiger partial charge in [-0.1, -0.05) is 32.6 Å². The van der Waals surface area contributed by atoms with E-state index in [4.69, 9.17) is 5.73 Å². The molecule has 0 saturated heterocycles. The van der Waals surface area contributed by atoms with Crippen LogP contribution in [0.1, 0.15) is 51.9 Å². The van der Waals surface area contributed by atoms with E-state index in [-0.39, 0.29) is 5.54 Å².